The Labute approximate surface area is 110 Å². The summed E-state index contributed by atoms with van der Waals surface area (Å²) in [5.41, 5.74) is 4.87. The number of amides is 3. The number of carboxylic acid groups (broad SMARTS) is 1. The van der Waals surface area contributed by atoms with Crippen LogP contribution in [0.4, 0.5) is 4.79 Å². The highest BCUT2D eigenvalue weighted by molar-refractivity contribution is 7.90. The van der Waals surface area contributed by atoms with Crippen molar-refractivity contribution in [3.63, 3.8) is 0 Å². The van der Waals surface area contributed by atoms with Gasteiger partial charge in [0.05, 0.1) is 5.75 Å². The Hall–Kier alpha value is -1.84. The Morgan fingerprint density at radius 3 is 2.32 bits per heavy atom. The molecular weight excluding hydrogens is 278 g/mol. The number of aliphatic carboxylic acids is 1. The molecule has 0 aromatic carbocycles. The van der Waals surface area contributed by atoms with E-state index in [4.69, 9.17) is 10.8 Å². The molecule has 0 saturated heterocycles. The summed E-state index contributed by atoms with van der Waals surface area (Å²) in [5.74, 6) is -2.23. The fourth-order valence-corrected chi connectivity index (χ4v) is 1.58. The van der Waals surface area contributed by atoms with Crippen LogP contribution in [0.25, 0.3) is 0 Å². The molecule has 0 aromatic rings. The van der Waals surface area contributed by atoms with E-state index in [1.54, 1.807) is 0 Å². The van der Waals surface area contributed by atoms with Gasteiger partial charge in [-0.15, -0.1) is 0 Å². The van der Waals surface area contributed by atoms with Crippen LogP contribution in [0.2, 0.25) is 0 Å². The number of primary amides is 1. The van der Waals surface area contributed by atoms with E-state index in [9.17, 15) is 22.8 Å². The monoisotopic (exact) mass is 295 g/mol. The zero-order valence-electron chi connectivity index (χ0n) is 10.4. The summed E-state index contributed by atoms with van der Waals surface area (Å²) in [6, 6.07) is -2.08. The van der Waals surface area contributed by atoms with Crippen molar-refractivity contribution >= 4 is 27.7 Å². The molecule has 0 bridgehead atoms. The predicted octanol–water partition coefficient (Wildman–Crippen LogP) is -1.95. The molecule has 0 fully saturated rings. The number of carbonyl (C=O) groups excluding carboxylic acids is 2. The third-order valence-corrected chi connectivity index (χ3v) is 2.99. The van der Waals surface area contributed by atoms with Gasteiger partial charge >= 0.3 is 12.0 Å². The van der Waals surface area contributed by atoms with E-state index in [2.05, 4.69) is 10.6 Å². The first-order chi connectivity index (χ1) is 8.61. The fraction of sp³-hybridized carbons (Fsp3) is 0.667. The van der Waals surface area contributed by atoms with E-state index < -0.39 is 33.8 Å². The minimum atomic E-state index is -3.21. The number of urea groups is 1. The van der Waals surface area contributed by atoms with Gasteiger partial charge in [0.25, 0.3) is 0 Å². The SMILES string of the molecule is CS(=O)(=O)CCNC(=O)NC(CCC(N)=O)C(=O)O. The maximum absolute atomic E-state index is 11.3. The molecule has 110 valence electrons. The van der Waals surface area contributed by atoms with Gasteiger partial charge in [0.1, 0.15) is 15.9 Å². The third-order valence-electron chi connectivity index (χ3n) is 2.04. The number of hydrogen-bond acceptors (Lipinski definition) is 5. The minimum absolute atomic E-state index is 0.132. The average Bonchev–Trinajstić information content (AvgIpc) is 2.21. The zero-order chi connectivity index (χ0) is 15.1. The lowest BCUT2D eigenvalue weighted by molar-refractivity contribution is -0.139. The summed E-state index contributed by atoms with van der Waals surface area (Å²) in [4.78, 5) is 32.6. The molecule has 0 aliphatic rings. The van der Waals surface area contributed by atoms with Crippen LogP contribution in [0.1, 0.15) is 12.8 Å². The molecule has 19 heavy (non-hydrogen) atoms. The van der Waals surface area contributed by atoms with Gasteiger partial charge in [-0.1, -0.05) is 0 Å². The van der Waals surface area contributed by atoms with Gasteiger partial charge in [0, 0.05) is 19.2 Å². The first-order valence-corrected chi connectivity index (χ1v) is 7.41. The molecule has 10 heteroatoms. The second-order valence-electron chi connectivity index (χ2n) is 3.93. The van der Waals surface area contributed by atoms with Crippen LogP contribution in [-0.2, 0) is 19.4 Å². The molecular formula is C9H17N3O6S. The molecule has 9 nitrogen and oxygen atoms in total. The molecule has 1 unspecified atom stereocenters. The van der Waals surface area contributed by atoms with Crippen LogP contribution in [0.3, 0.4) is 0 Å². The lowest BCUT2D eigenvalue weighted by Crippen LogP contribution is -2.47. The summed E-state index contributed by atoms with van der Waals surface area (Å²) in [5, 5.41) is 13.1. The molecule has 0 spiro atoms. The van der Waals surface area contributed by atoms with E-state index in [0.717, 1.165) is 6.26 Å². The molecule has 1 atom stereocenters. The molecule has 0 saturated carbocycles. The molecule has 5 N–H and O–H groups in total. The lowest BCUT2D eigenvalue weighted by atomic mass is 10.1. The predicted molar refractivity (Wildman–Crippen MR) is 66.1 cm³/mol. The Morgan fingerprint density at radius 2 is 1.89 bits per heavy atom. The lowest BCUT2D eigenvalue weighted by Gasteiger charge is -2.14. The van der Waals surface area contributed by atoms with Gasteiger partial charge < -0.3 is 21.5 Å². The van der Waals surface area contributed by atoms with Crippen molar-refractivity contribution in [2.75, 3.05) is 18.6 Å². The van der Waals surface area contributed by atoms with Crippen molar-refractivity contribution in [2.24, 2.45) is 5.73 Å². The normalized spacial score (nSPS) is 12.5. The molecule has 0 aliphatic heterocycles. The maximum Gasteiger partial charge on any atom is 0.326 e. The largest absolute Gasteiger partial charge is 0.480 e. The molecule has 0 aliphatic carbocycles. The van der Waals surface area contributed by atoms with Gasteiger partial charge in [-0.05, 0) is 6.42 Å². The van der Waals surface area contributed by atoms with Crippen molar-refractivity contribution in [3.8, 4) is 0 Å². The smallest absolute Gasteiger partial charge is 0.326 e. The number of carbonyl (C=O) groups is 3. The Kier molecular flexibility index (Phi) is 6.83. The van der Waals surface area contributed by atoms with Crippen LogP contribution in [-0.4, -0.2) is 56.0 Å². The topological polar surface area (TPSA) is 156 Å². The van der Waals surface area contributed by atoms with Gasteiger partial charge in [-0.3, -0.25) is 4.79 Å². The number of hydrogen-bond donors (Lipinski definition) is 4. The summed E-state index contributed by atoms with van der Waals surface area (Å²) in [7, 11) is -3.21. The van der Waals surface area contributed by atoms with E-state index in [-0.39, 0.29) is 25.1 Å². The number of carboxylic acids is 1. The minimum Gasteiger partial charge on any atom is -0.480 e. The summed E-state index contributed by atoms with van der Waals surface area (Å²) < 4.78 is 21.6. The van der Waals surface area contributed by atoms with Crippen molar-refractivity contribution in [2.45, 2.75) is 18.9 Å². The van der Waals surface area contributed by atoms with E-state index >= 15 is 0 Å². The quantitative estimate of drug-likeness (QED) is 0.407. The molecule has 0 radical (unpaired) electrons. The first kappa shape index (κ1) is 17.2. The Morgan fingerprint density at radius 1 is 1.32 bits per heavy atom. The van der Waals surface area contributed by atoms with Crippen LogP contribution in [0.15, 0.2) is 0 Å². The van der Waals surface area contributed by atoms with Gasteiger partial charge in [-0.2, -0.15) is 0 Å². The highest BCUT2D eigenvalue weighted by atomic mass is 32.2. The molecule has 3 amide bonds. The van der Waals surface area contributed by atoms with Crippen molar-refractivity contribution in [1.82, 2.24) is 10.6 Å². The molecule has 0 rings (SSSR count). The Balaban J connectivity index is 4.17. The van der Waals surface area contributed by atoms with E-state index in [1.807, 2.05) is 0 Å². The highest BCUT2D eigenvalue weighted by Crippen LogP contribution is 1.97. The summed E-state index contributed by atoms with van der Waals surface area (Å²) in [6.07, 6.45) is 0.699. The second-order valence-corrected chi connectivity index (χ2v) is 6.19. The van der Waals surface area contributed by atoms with E-state index in [1.165, 1.54) is 0 Å². The van der Waals surface area contributed by atoms with Crippen LogP contribution in [0.5, 0.6) is 0 Å². The number of nitrogens with one attached hydrogen (secondary N) is 2. The molecule has 0 heterocycles. The maximum atomic E-state index is 11.3. The zero-order valence-corrected chi connectivity index (χ0v) is 11.2. The van der Waals surface area contributed by atoms with Crippen molar-refractivity contribution < 1.29 is 27.9 Å². The second kappa shape index (κ2) is 7.56. The first-order valence-electron chi connectivity index (χ1n) is 5.35. The summed E-state index contributed by atoms with van der Waals surface area (Å²) >= 11 is 0. The van der Waals surface area contributed by atoms with Crippen LogP contribution < -0.4 is 16.4 Å². The van der Waals surface area contributed by atoms with E-state index in [0.29, 0.717) is 0 Å². The van der Waals surface area contributed by atoms with Crippen LogP contribution >= 0.6 is 0 Å². The third kappa shape index (κ3) is 9.83. The Bertz CT molecular complexity index is 447. The standard InChI is InChI=1S/C9H17N3O6S/c1-19(17,18)5-4-11-9(16)12-6(8(14)15)2-3-7(10)13/h6H,2-5H2,1H3,(H2,10,13)(H,14,15)(H2,11,12,16). The highest BCUT2D eigenvalue weighted by Gasteiger charge is 2.20. The van der Waals surface area contributed by atoms with Gasteiger partial charge in [0.2, 0.25) is 5.91 Å². The fourth-order valence-electron chi connectivity index (χ4n) is 1.10. The van der Waals surface area contributed by atoms with Crippen molar-refractivity contribution in [1.29, 1.82) is 0 Å². The number of sulfone groups is 1. The average molecular weight is 295 g/mol. The van der Waals surface area contributed by atoms with Crippen molar-refractivity contribution in [3.05, 3.63) is 0 Å². The number of rotatable bonds is 8. The van der Waals surface area contributed by atoms with Gasteiger partial charge in [-0.25, -0.2) is 18.0 Å². The van der Waals surface area contributed by atoms with Crippen LogP contribution in [0, 0.1) is 0 Å². The summed E-state index contributed by atoms with van der Waals surface area (Å²) in [6.45, 7) is -0.132. The number of nitrogens with two attached hydrogens (primary N) is 1. The van der Waals surface area contributed by atoms with Gasteiger partial charge in [0.15, 0.2) is 0 Å². The molecule has 0 aromatic heterocycles.